The Hall–Kier alpha value is -2.99. The third-order valence-electron chi connectivity index (χ3n) is 5.96. The quantitative estimate of drug-likeness (QED) is 0.353. The number of aryl methyl sites for hydroxylation is 1. The first-order valence-corrected chi connectivity index (χ1v) is 11.4. The van der Waals surface area contributed by atoms with Crippen molar-refractivity contribution in [2.24, 2.45) is 0 Å². The number of fused-ring (bicyclic) bond motifs is 1. The molecule has 0 unspecified atom stereocenters. The second kappa shape index (κ2) is 9.48. The number of benzene rings is 3. The molecule has 1 fully saturated rings. The van der Waals surface area contributed by atoms with Gasteiger partial charge in [-0.3, -0.25) is 4.90 Å². The summed E-state index contributed by atoms with van der Waals surface area (Å²) < 4.78 is 24.2. The maximum Gasteiger partial charge on any atom is 0.224 e. The molecule has 1 N–H and O–H groups in total. The van der Waals surface area contributed by atoms with Gasteiger partial charge in [-0.15, -0.1) is 0 Å². The molecule has 5 rings (SSSR count). The topological polar surface area (TPSA) is 50.3 Å². The molecule has 0 bridgehead atoms. The molecule has 0 aliphatic carbocycles. The lowest BCUT2D eigenvalue weighted by molar-refractivity contribution is -0.140. The molecule has 1 aliphatic heterocycles. The molecule has 1 saturated heterocycles. The Balaban J connectivity index is 1.53. The van der Waals surface area contributed by atoms with Gasteiger partial charge in [-0.25, -0.2) is 9.97 Å². The van der Waals surface area contributed by atoms with Crippen molar-refractivity contribution in [3.05, 3.63) is 101 Å². The Morgan fingerprint density at radius 1 is 0.970 bits per heavy atom. The van der Waals surface area contributed by atoms with Crippen LogP contribution in [-0.4, -0.2) is 40.1 Å². The Labute approximate surface area is 202 Å². The van der Waals surface area contributed by atoms with Crippen LogP contribution >= 0.6 is 11.6 Å². The molecule has 1 aromatic heterocycles. The molecule has 33 heavy (non-hydrogen) atoms. The summed E-state index contributed by atoms with van der Waals surface area (Å²) in [5, 5.41) is 3.90. The van der Waals surface area contributed by atoms with E-state index in [2.05, 4.69) is 44.5 Å². The summed E-state index contributed by atoms with van der Waals surface area (Å²) in [7, 11) is 0. The summed E-state index contributed by atoms with van der Waals surface area (Å²) in [5.74, 6) is 0.374. The van der Waals surface area contributed by atoms with Gasteiger partial charge in [0.15, 0.2) is 0 Å². The molecular weight excluding hydrogens is 432 g/mol. The number of nitrogens with zero attached hydrogens (tertiary/aromatic N) is 3. The van der Waals surface area contributed by atoms with Crippen LogP contribution in [-0.2, 0) is 17.8 Å². The van der Waals surface area contributed by atoms with Crippen LogP contribution in [0.25, 0.3) is 10.9 Å². The fraction of sp³-hybridized carbons (Fsp3) is 0.259. The van der Waals surface area contributed by atoms with Crippen LogP contribution in [0.2, 0.25) is 5.28 Å². The normalized spacial score (nSPS) is 16.2. The molecule has 0 spiro atoms. The summed E-state index contributed by atoms with van der Waals surface area (Å²) in [4.78, 5) is 10.8. The lowest BCUT2D eigenvalue weighted by Gasteiger charge is -2.50. The SMILES string of the molecule is [2H]C([2H])(Nc1nc(Cl)nc2ccc(C)cc12)C1(N(Cc2ccccc2)Cc2ccccc2)COC1. The summed E-state index contributed by atoms with van der Waals surface area (Å²) in [5.41, 5.74) is 2.99. The Kier molecular flexibility index (Phi) is 5.59. The molecule has 0 atom stereocenters. The minimum atomic E-state index is -1.89. The first kappa shape index (κ1) is 19.5. The largest absolute Gasteiger partial charge is 0.377 e. The number of ether oxygens (including phenoxy) is 1. The Bertz CT molecular complexity index is 1280. The standard InChI is InChI=1S/C27H27ClN4O/c1-20-12-13-24-23(14-20)25(31-26(28)30-24)29-17-27(18-33-19-27)32(15-21-8-4-2-5-9-21)16-22-10-6-3-7-11-22/h2-14H,15-19H2,1H3,(H,29,30,31)/i17D2. The van der Waals surface area contributed by atoms with Crippen molar-refractivity contribution >= 4 is 28.3 Å². The van der Waals surface area contributed by atoms with E-state index in [0.29, 0.717) is 24.4 Å². The van der Waals surface area contributed by atoms with E-state index in [9.17, 15) is 2.74 Å². The number of hydrogen-bond donors (Lipinski definition) is 1. The van der Waals surface area contributed by atoms with E-state index in [1.165, 1.54) is 0 Å². The van der Waals surface area contributed by atoms with Gasteiger partial charge in [-0.2, -0.15) is 0 Å². The van der Waals surface area contributed by atoms with Crippen LogP contribution in [0.1, 0.15) is 19.4 Å². The Morgan fingerprint density at radius 2 is 1.61 bits per heavy atom. The van der Waals surface area contributed by atoms with Gasteiger partial charge in [0.05, 0.1) is 27.0 Å². The highest BCUT2D eigenvalue weighted by Gasteiger charge is 2.44. The van der Waals surface area contributed by atoms with E-state index in [1.807, 2.05) is 61.5 Å². The summed E-state index contributed by atoms with van der Waals surface area (Å²) >= 11 is 6.21. The van der Waals surface area contributed by atoms with Crippen molar-refractivity contribution < 1.29 is 7.48 Å². The lowest BCUT2D eigenvalue weighted by Crippen LogP contribution is -2.65. The van der Waals surface area contributed by atoms with Crippen molar-refractivity contribution in [3.63, 3.8) is 0 Å². The number of halogens is 1. The molecule has 2 heterocycles. The van der Waals surface area contributed by atoms with Crippen molar-refractivity contribution in [1.82, 2.24) is 14.9 Å². The van der Waals surface area contributed by atoms with Crippen LogP contribution in [0, 0.1) is 6.92 Å². The third-order valence-corrected chi connectivity index (χ3v) is 6.13. The second-order valence-electron chi connectivity index (χ2n) is 8.46. The monoisotopic (exact) mass is 460 g/mol. The molecule has 4 aromatic rings. The zero-order valence-electron chi connectivity index (χ0n) is 20.5. The van der Waals surface area contributed by atoms with Crippen molar-refractivity contribution in [2.45, 2.75) is 25.6 Å². The van der Waals surface area contributed by atoms with E-state index in [0.717, 1.165) is 22.1 Å². The third kappa shape index (κ3) is 4.86. The smallest absolute Gasteiger partial charge is 0.224 e. The van der Waals surface area contributed by atoms with Gasteiger partial charge < -0.3 is 10.1 Å². The molecule has 0 saturated carbocycles. The van der Waals surface area contributed by atoms with Crippen LogP contribution in [0.5, 0.6) is 0 Å². The molecule has 3 aromatic carbocycles. The van der Waals surface area contributed by atoms with Gasteiger partial charge >= 0.3 is 0 Å². The Morgan fingerprint density at radius 3 is 2.18 bits per heavy atom. The van der Waals surface area contributed by atoms with Crippen LogP contribution < -0.4 is 5.32 Å². The van der Waals surface area contributed by atoms with Crippen molar-refractivity contribution in [2.75, 3.05) is 25.0 Å². The van der Waals surface area contributed by atoms with E-state index in [-0.39, 0.29) is 18.5 Å². The number of aromatic nitrogens is 2. The van der Waals surface area contributed by atoms with Gasteiger partial charge in [0.25, 0.3) is 0 Å². The molecule has 1 aliphatic rings. The lowest BCUT2D eigenvalue weighted by atomic mass is 9.92. The second-order valence-corrected chi connectivity index (χ2v) is 8.80. The molecular formula is C27H27ClN4O. The van der Waals surface area contributed by atoms with E-state index in [4.69, 9.17) is 16.3 Å². The van der Waals surface area contributed by atoms with Crippen molar-refractivity contribution in [1.29, 1.82) is 0 Å². The maximum absolute atomic E-state index is 9.26. The van der Waals surface area contributed by atoms with Gasteiger partial charge in [0.1, 0.15) is 5.82 Å². The molecule has 0 amide bonds. The summed E-state index contributed by atoms with van der Waals surface area (Å²) in [6.07, 6.45) is 0. The van der Waals surface area contributed by atoms with E-state index in [1.54, 1.807) is 0 Å². The number of anilines is 1. The van der Waals surface area contributed by atoms with E-state index < -0.39 is 12.0 Å². The zero-order chi connectivity index (χ0) is 24.5. The molecule has 6 heteroatoms. The minimum Gasteiger partial charge on any atom is -0.377 e. The highest BCUT2D eigenvalue weighted by atomic mass is 35.5. The first-order chi connectivity index (χ1) is 16.9. The van der Waals surface area contributed by atoms with Gasteiger partial charge in [-0.1, -0.05) is 72.3 Å². The van der Waals surface area contributed by atoms with Gasteiger partial charge in [0, 0.05) is 25.0 Å². The zero-order valence-corrected chi connectivity index (χ0v) is 19.2. The summed E-state index contributed by atoms with van der Waals surface area (Å²) in [6, 6.07) is 26.0. The fourth-order valence-electron chi connectivity index (χ4n) is 4.08. The van der Waals surface area contributed by atoms with Crippen LogP contribution in [0.4, 0.5) is 5.82 Å². The number of rotatable bonds is 8. The van der Waals surface area contributed by atoms with E-state index >= 15 is 0 Å². The highest BCUT2D eigenvalue weighted by molar-refractivity contribution is 6.28. The van der Waals surface area contributed by atoms with Crippen LogP contribution in [0.15, 0.2) is 78.9 Å². The molecule has 168 valence electrons. The van der Waals surface area contributed by atoms with Crippen molar-refractivity contribution in [3.8, 4) is 0 Å². The van der Waals surface area contributed by atoms with Crippen LogP contribution in [0.3, 0.4) is 0 Å². The first-order valence-electron chi connectivity index (χ1n) is 12.0. The average Bonchev–Trinajstić information content (AvgIpc) is 2.79. The summed E-state index contributed by atoms with van der Waals surface area (Å²) in [6.45, 7) is 1.75. The maximum atomic E-state index is 9.26. The molecule has 0 radical (unpaired) electrons. The molecule has 5 nitrogen and oxygen atoms in total. The number of hydrogen-bond acceptors (Lipinski definition) is 5. The average molecular weight is 461 g/mol. The minimum absolute atomic E-state index is 0.0731. The highest BCUT2D eigenvalue weighted by Crippen LogP contribution is 2.31. The predicted octanol–water partition coefficient (Wildman–Crippen LogP) is 5.47. The predicted molar refractivity (Wildman–Crippen MR) is 133 cm³/mol. The number of nitrogens with one attached hydrogen (secondary N) is 1. The fourth-order valence-corrected chi connectivity index (χ4v) is 4.26. The van der Waals surface area contributed by atoms with Gasteiger partial charge in [-0.05, 0) is 41.8 Å². The van der Waals surface area contributed by atoms with Gasteiger partial charge in [0.2, 0.25) is 5.28 Å².